The smallest absolute Gasteiger partial charge is 0.0235 e. The zero-order valence-corrected chi connectivity index (χ0v) is 9.56. The maximum Gasteiger partial charge on any atom is 0.0235 e. The summed E-state index contributed by atoms with van der Waals surface area (Å²) in [7, 11) is 0. The molecule has 0 spiro atoms. The van der Waals surface area contributed by atoms with Crippen LogP contribution in [0, 0.1) is 5.92 Å². The summed E-state index contributed by atoms with van der Waals surface area (Å²) in [6.07, 6.45) is 4.30. The molecular formula is C11H20N2S. The van der Waals surface area contributed by atoms with Gasteiger partial charge in [0.25, 0.3) is 0 Å². The van der Waals surface area contributed by atoms with Crippen LogP contribution in [0.15, 0.2) is 0 Å². The fourth-order valence-corrected chi connectivity index (χ4v) is 4.44. The first-order valence-electron chi connectivity index (χ1n) is 5.98. The number of rotatable bonds is 1. The summed E-state index contributed by atoms with van der Waals surface area (Å²) in [6.45, 7) is 3.97. The van der Waals surface area contributed by atoms with Crippen LogP contribution in [-0.4, -0.2) is 48.1 Å². The molecule has 3 heteroatoms. The Kier molecular flexibility index (Phi) is 2.73. The van der Waals surface area contributed by atoms with Crippen LogP contribution in [0.3, 0.4) is 0 Å². The first-order valence-corrected chi connectivity index (χ1v) is 7.14. The molecule has 0 radical (unpaired) electrons. The van der Waals surface area contributed by atoms with E-state index in [-0.39, 0.29) is 0 Å². The van der Waals surface area contributed by atoms with Crippen LogP contribution >= 0.6 is 11.8 Å². The minimum atomic E-state index is 0.828. The van der Waals surface area contributed by atoms with Crippen LogP contribution in [0.1, 0.15) is 19.3 Å². The van der Waals surface area contributed by atoms with Crippen molar-refractivity contribution in [3.8, 4) is 0 Å². The second-order valence-electron chi connectivity index (χ2n) is 4.93. The van der Waals surface area contributed by atoms with Gasteiger partial charge in [-0.2, -0.15) is 11.8 Å². The Bertz CT molecular complexity index is 189. The van der Waals surface area contributed by atoms with Crippen molar-refractivity contribution in [2.45, 2.75) is 31.3 Å². The zero-order valence-electron chi connectivity index (χ0n) is 8.74. The van der Waals surface area contributed by atoms with Gasteiger partial charge in [0.2, 0.25) is 0 Å². The number of piperidine rings is 1. The molecule has 14 heavy (non-hydrogen) atoms. The summed E-state index contributed by atoms with van der Waals surface area (Å²) in [5.74, 6) is 3.75. The van der Waals surface area contributed by atoms with Crippen LogP contribution in [0.5, 0.6) is 0 Å². The van der Waals surface area contributed by atoms with E-state index in [1.807, 2.05) is 0 Å². The van der Waals surface area contributed by atoms with Gasteiger partial charge in [-0.25, -0.2) is 0 Å². The molecule has 0 amide bonds. The van der Waals surface area contributed by atoms with Crippen molar-refractivity contribution in [2.75, 3.05) is 31.1 Å². The number of hydrogen-bond acceptors (Lipinski definition) is 3. The van der Waals surface area contributed by atoms with E-state index in [2.05, 4.69) is 22.0 Å². The van der Waals surface area contributed by atoms with Gasteiger partial charge in [0.1, 0.15) is 0 Å². The number of hydrogen-bond donors (Lipinski definition) is 1. The van der Waals surface area contributed by atoms with Gasteiger partial charge < -0.3 is 5.32 Å². The Morgan fingerprint density at radius 3 is 3.00 bits per heavy atom. The number of likely N-dealkylation sites (tertiary alicyclic amines) is 1. The largest absolute Gasteiger partial charge is 0.312 e. The van der Waals surface area contributed by atoms with E-state index in [0.717, 1.165) is 18.0 Å². The molecule has 1 unspecified atom stereocenters. The lowest BCUT2D eigenvalue weighted by atomic mass is 9.94. The van der Waals surface area contributed by atoms with Gasteiger partial charge >= 0.3 is 0 Å². The van der Waals surface area contributed by atoms with Crippen molar-refractivity contribution in [2.24, 2.45) is 5.92 Å². The van der Waals surface area contributed by atoms with E-state index >= 15 is 0 Å². The quantitative estimate of drug-likeness (QED) is 0.702. The van der Waals surface area contributed by atoms with Gasteiger partial charge in [-0.3, -0.25) is 4.90 Å². The monoisotopic (exact) mass is 212 g/mol. The third kappa shape index (κ3) is 1.70. The van der Waals surface area contributed by atoms with Gasteiger partial charge in [0.05, 0.1) is 0 Å². The fourth-order valence-electron chi connectivity index (χ4n) is 3.19. The highest BCUT2D eigenvalue weighted by Gasteiger charge is 2.37. The highest BCUT2D eigenvalue weighted by Crippen LogP contribution is 2.30. The third-order valence-corrected chi connectivity index (χ3v) is 5.19. The number of nitrogens with zero attached hydrogens (tertiary/aromatic N) is 1. The van der Waals surface area contributed by atoms with Gasteiger partial charge in [0, 0.05) is 30.9 Å². The van der Waals surface area contributed by atoms with Crippen molar-refractivity contribution in [3.05, 3.63) is 0 Å². The van der Waals surface area contributed by atoms with Crippen LogP contribution < -0.4 is 5.32 Å². The highest BCUT2D eigenvalue weighted by atomic mass is 32.2. The lowest BCUT2D eigenvalue weighted by Gasteiger charge is -2.24. The predicted molar refractivity (Wildman–Crippen MR) is 61.8 cm³/mol. The Balaban J connectivity index is 1.61. The maximum atomic E-state index is 3.69. The Labute approximate surface area is 90.8 Å². The number of fused-ring (bicyclic) bond motifs is 1. The molecule has 3 rings (SSSR count). The molecule has 3 aliphatic rings. The predicted octanol–water partition coefficient (Wildman–Crippen LogP) is 1.18. The summed E-state index contributed by atoms with van der Waals surface area (Å²) in [6, 6.07) is 1.74. The fraction of sp³-hybridized carbons (Fsp3) is 1.00. The lowest BCUT2D eigenvalue weighted by Crippen LogP contribution is -2.41. The van der Waals surface area contributed by atoms with E-state index in [9.17, 15) is 0 Å². The summed E-state index contributed by atoms with van der Waals surface area (Å²) in [5.41, 5.74) is 0. The summed E-state index contributed by atoms with van der Waals surface area (Å²) < 4.78 is 0. The van der Waals surface area contributed by atoms with E-state index in [4.69, 9.17) is 0 Å². The van der Waals surface area contributed by atoms with Crippen molar-refractivity contribution in [1.29, 1.82) is 0 Å². The molecule has 0 aliphatic carbocycles. The summed E-state index contributed by atoms with van der Waals surface area (Å²) in [4.78, 5) is 2.76. The standard InChI is InChI=1S/C11H20N2S/c1-2-9-6-13(7-11(9)12-4-1)10-3-5-14-8-10/h9-12H,1-8H2/t9-,10?,11+/m0/s1. The second-order valence-corrected chi connectivity index (χ2v) is 6.08. The minimum absolute atomic E-state index is 0.828. The Morgan fingerprint density at radius 2 is 2.21 bits per heavy atom. The number of nitrogens with one attached hydrogen (secondary N) is 1. The van der Waals surface area contributed by atoms with Crippen molar-refractivity contribution in [3.63, 3.8) is 0 Å². The molecule has 0 saturated carbocycles. The molecule has 3 fully saturated rings. The molecule has 0 bridgehead atoms. The van der Waals surface area contributed by atoms with Gasteiger partial charge in [-0.1, -0.05) is 0 Å². The number of thioether (sulfide) groups is 1. The molecule has 0 aromatic heterocycles. The molecule has 2 nitrogen and oxygen atoms in total. The molecule has 3 aliphatic heterocycles. The first kappa shape index (κ1) is 9.49. The maximum absolute atomic E-state index is 3.69. The average molecular weight is 212 g/mol. The van der Waals surface area contributed by atoms with Gasteiger partial charge in [-0.15, -0.1) is 0 Å². The van der Waals surface area contributed by atoms with E-state index in [1.165, 1.54) is 50.4 Å². The molecule has 1 N–H and O–H groups in total. The van der Waals surface area contributed by atoms with Crippen molar-refractivity contribution in [1.82, 2.24) is 10.2 Å². The normalized spacial score (nSPS) is 44.1. The van der Waals surface area contributed by atoms with Gasteiger partial charge in [0.15, 0.2) is 0 Å². The Morgan fingerprint density at radius 1 is 1.21 bits per heavy atom. The van der Waals surface area contributed by atoms with Crippen molar-refractivity contribution >= 4 is 11.8 Å². The molecule has 0 aromatic carbocycles. The average Bonchev–Trinajstić information content (AvgIpc) is 2.86. The van der Waals surface area contributed by atoms with Crippen LogP contribution in [-0.2, 0) is 0 Å². The molecule has 3 saturated heterocycles. The topological polar surface area (TPSA) is 15.3 Å². The van der Waals surface area contributed by atoms with Crippen LogP contribution in [0.2, 0.25) is 0 Å². The summed E-state index contributed by atoms with van der Waals surface area (Å²) >= 11 is 2.14. The minimum Gasteiger partial charge on any atom is -0.312 e. The molecule has 3 atom stereocenters. The Hall–Kier alpha value is 0.270. The molecular weight excluding hydrogens is 192 g/mol. The molecule has 0 aromatic rings. The SMILES string of the molecule is C1CN[C@@H]2CN(C3CCSC3)C[C@@H]2C1. The van der Waals surface area contributed by atoms with Crippen LogP contribution in [0.4, 0.5) is 0 Å². The lowest BCUT2D eigenvalue weighted by molar-refractivity contribution is 0.252. The van der Waals surface area contributed by atoms with Crippen LogP contribution in [0.25, 0.3) is 0 Å². The third-order valence-electron chi connectivity index (χ3n) is 4.05. The molecule has 80 valence electrons. The highest BCUT2D eigenvalue weighted by molar-refractivity contribution is 7.99. The van der Waals surface area contributed by atoms with E-state index in [1.54, 1.807) is 0 Å². The van der Waals surface area contributed by atoms with E-state index in [0.29, 0.717) is 0 Å². The second kappa shape index (κ2) is 4.03. The summed E-state index contributed by atoms with van der Waals surface area (Å²) in [5, 5.41) is 3.69. The first-order chi connectivity index (χ1) is 6.93. The zero-order chi connectivity index (χ0) is 9.38. The molecule has 3 heterocycles. The van der Waals surface area contributed by atoms with E-state index < -0.39 is 0 Å². The van der Waals surface area contributed by atoms with Gasteiger partial charge in [-0.05, 0) is 37.5 Å². The van der Waals surface area contributed by atoms with Crippen molar-refractivity contribution < 1.29 is 0 Å².